The van der Waals surface area contributed by atoms with Crippen molar-refractivity contribution in [2.24, 2.45) is 5.92 Å². The van der Waals surface area contributed by atoms with Crippen molar-refractivity contribution in [3.05, 3.63) is 28.8 Å². The molecule has 0 saturated carbocycles. The van der Waals surface area contributed by atoms with Gasteiger partial charge in [0.25, 0.3) is 0 Å². The fourth-order valence-corrected chi connectivity index (χ4v) is 2.67. The van der Waals surface area contributed by atoms with Crippen LogP contribution < -0.4 is 4.90 Å². The highest BCUT2D eigenvalue weighted by Gasteiger charge is 2.22. The first-order valence-corrected chi connectivity index (χ1v) is 6.20. The molecule has 1 heterocycles. The lowest BCUT2D eigenvalue weighted by atomic mass is 10.1. The van der Waals surface area contributed by atoms with E-state index in [4.69, 9.17) is 16.7 Å². The van der Waals surface area contributed by atoms with E-state index in [2.05, 4.69) is 17.9 Å². The third-order valence-corrected chi connectivity index (χ3v) is 3.56. The van der Waals surface area contributed by atoms with Crippen molar-refractivity contribution >= 4 is 17.3 Å². The Morgan fingerprint density at radius 1 is 1.50 bits per heavy atom. The maximum atomic E-state index is 8.94. The molecule has 1 aromatic carbocycles. The summed E-state index contributed by atoms with van der Waals surface area (Å²) < 4.78 is 0. The van der Waals surface area contributed by atoms with Gasteiger partial charge in [-0.25, -0.2) is 0 Å². The van der Waals surface area contributed by atoms with E-state index in [0.717, 1.165) is 24.5 Å². The van der Waals surface area contributed by atoms with E-state index in [1.165, 1.54) is 17.7 Å². The lowest BCUT2D eigenvalue weighted by Crippen LogP contribution is -2.20. The Labute approximate surface area is 102 Å². The third-order valence-electron chi connectivity index (χ3n) is 3.32. The van der Waals surface area contributed by atoms with Gasteiger partial charge in [-0.15, -0.1) is 0 Å². The highest BCUT2D eigenvalue weighted by molar-refractivity contribution is 6.30. The van der Waals surface area contributed by atoms with Gasteiger partial charge in [0, 0.05) is 30.4 Å². The van der Waals surface area contributed by atoms with Crippen LogP contribution >= 0.6 is 11.6 Å². The Hall–Kier alpha value is -0.730. The number of hydrogen-bond donors (Lipinski definition) is 1. The molecular weight excluding hydrogens is 222 g/mol. The molecule has 2 nitrogen and oxygen atoms in total. The van der Waals surface area contributed by atoms with Gasteiger partial charge < -0.3 is 10.0 Å². The predicted octanol–water partition coefficient (Wildman–Crippen LogP) is 2.86. The van der Waals surface area contributed by atoms with Crippen LogP contribution in [0.15, 0.2) is 18.2 Å². The van der Waals surface area contributed by atoms with Crippen molar-refractivity contribution in [2.75, 3.05) is 24.6 Å². The van der Waals surface area contributed by atoms with Crippen molar-refractivity contribution in [1.82, 2.24) is 0 Å². The first-order valence-electron chi connectivity index (χ1n) is 5.82. The highest BCUT2D eigenvalue weighted by Crippen LogP contribution is 2.29. The summed E-state index contributed by atoms with van der Waals surface area (Å²) in [5, 5.41) is 9.74. The number of aryl methyl sites for hydroxylation is 1. The summed E-state index contributed by atoms with van der Waals surface area (Å²) in [7, 11) is 0. The standard InChI is InChI=1S/C13H18ClNO/c1-10-8-12(14)2-3-13(10)15-6-4-11(9-15)5-7-16/h2-3,8,11,16H,4-7,9H2,1H3. The average molecular weight is 240 g/mol. The molecular formula is C13H18ClNO. The average Bonchev–Trinajstić information content (AvgIpc) is 2.67. The van der Waals surface area contributed by atoms with Gasteiger partial charge >= 0.3 is 0 Å². The van der Waals surface area contributed by atoms with Gasteiger partial charge in [0.1, 0.15) is 0 Å². The summed E-state index contributed by atoms with van der Waals surface area (Å²) in [5.41, 5.74) is 2.52. The van der Waals surface area contributed by atoms with Gasteiger partial charge in [-0.1, -0.05) is 11.6 Å². The lowest BCUT2D eigenvalue weighted by molar-refractivity contribution is 0.263. The van der Waals surface area contributed by atoms with Crippen LogP contribution in [0.3, 0.4) is 0 Å². The largest absolute Gasteiger partial charge is 0.396 e. The van der Waals surface area contributed by atoms with Crippen molar-refractivity contribution < 1.29 is 5.11 Å². The summed E-state index contributed by atoms with van der Waals surface area (Å²) in [5.74, 6) is 0.639. The maximum Gasteiger partial charge on any atom is 0.0434 e. The molecule has 0 bridgehead atoms. The Morgan fingerprint density at radius 3 is 3.00 bits per heavy atom. The summed E-state index contributed by atoms with van der Waals surface area (Å²) in [6, 6.07) is 6.05. The van der Waals surface area contributed by atoms with Crippen molar-refractivity contribution in [3.63, 3.8) is 0 Å². The number of rotatable bonds is 3. The Kier molecular flexibility index (Phi) is 3.72. The second-order valence-corrected chi connectivity index (χ2v) is 4.98. The molecule has 0 spiro atoms. The van der Waals surface area contributed by atoms with Crippen LogP contribution in [0.4, 0.5) is 5.69 Å². The van der Waals surface area contributed by atoms with Crippen molar-refractivity contribution in [3.8, 4) is 0 Å². The molecule has 3 heteroatoms. The van der Waals surface area contributed by atoms with E-state index < -0.39 is 0 Å². The third kappa shape index (κ3) is 2.50. The molecule has 0 aliphatic carbocycles. The number of nitrogens with zero attached hydrogens (tertiary/aromatic N) is 1. The molecule has 88 valence electrons. The van der Waals surface area contributed by atoms with Crippen molar-refractivity contribution in [2.45, 2.75) is 19.8 Å². The number of anilines is 1. The Morgan fingerprint density at radius 2 is 2.31 bits per heavy atom. The molecule has 1 fully saturated rings. The van der Waals surface area contributed by atoms with E-state index in [0.29, 0.717) is 12.5 Å². The fraction of sp³-hybridized carbons (Fsp3) is 0.538. The van der Waals surface area contributed by atoms with Crippen LogP contribution in [0.25, 0.3) is 0 Å². The predicted molar refractivity (Wildman–Crippen MR) is 68.2 cm³/mol. The monoisotopic (exact) mass is 239 g/mol. The van der Waals surface area contributed by atoms with E-state index >= 15 is 0 Å². The van der Waals surface area contributed by atoms with E-state index in [1.54, 1.807) is 0 Å². The van der Waals surface area contributed by atoms with Gasteiger partial charge in [0.2, 0.25) is 0 Å². The van der Waals surface area contributed by atoms with Crippen LogP contribution in [0.5, 0.6) is 0 Å². The molecule has 2 rings (SSSR count). The topological polar surface area (TPSA) is 23.5 Å². The molecule has 1 saturated heterocycles. The Balaban J connectivity index is 2.08. The van der Waals surface area contributed by atoms with Crippen LogP contribution in [-0.4, -0.2) is 24.8 Å². The van der Waals surface area contributed by atoms with Crippen LogP contribution in [0, 0.1) is 12.8 Å². The number of halogens is 1. The van der Waals surface area contributed by atoms with Crippen LogP contribution in [0.1, 0.15) is 18.4 Å². The molecule has 1 N–H and O–H groups in total. The minimum atomic E-state index is 0.304. The first kappa shape index (κ1) is 11.7. The highest BCUT2D eigenvalue weighted by atomic mass is 35.5. The summed E-state index contributed by atoms with van der Waals surface area (Å²) in [6.45, 7) is 4.55. The molecule has 16 heavy (non-hydrogen) atoms. The SMILES string of the molecule is Cc1cc(Cl)ccc1N1CCC(CCO)C1. The molecule has 1 unspecified atom stereocenters. The normalized spacial score (nSPS) is 20.4. The van der Waals surface area contributed by atoms with Gasteiger partial charge in [0.05, 0.1) is 0 Å². The number of hydrogen-bond acceptors (Lipinski definition) is 2. The molecule has 1 aromatic rings. The number of aliphatic hydroxyl groups is 1. The molecule has 1 aliphatic rings. The maximum absolute atomic E-state index is 8.94. The van der Waals surface area contributed by atoms with E-state index in [9.17, 15) is 0 Å². The fourth-order valence-electron chi connectivity index (χ4n) is 2.44. The van der Waals surface area contributed by atoms with Crippen molar-refractivity contribution in [1.29, 1.82) is 0 Å². The minimum Gasteiger partial charge on any atom is -0.396 e. The summed E-state index contributed by atoms with van der Waals surface area (Å²) in [6.07, 6.45) is 2.10. The van der Waals surface area contributed by atoms with Gasteiger partial charge in [0.15, 0.2) is 0 Å². The second-order valence-electron chi connectivity index (χ2n) is 4.54. The summed E-state index contributed by atoms with van der Waals surface area (Å²) in [4.78, 5) is 2.39. The van der Waals surface area contributed by atoms with Gasteiger partial charge in [-0.2, -0.15) is 0 Å². The smallest absolute Gasteiger partial charge is 0.0434 e. The van der Waals surface area contributed by atoms with E-state index in [-0.39, 0.29) is 0 Å². The Bertz CT molecular complexity index is 367. The zero-order valence-corrected chi connectivity index (χ0v) is 10.4. The zero-order chi connectivity index (χ0) is 11.5. The lowest BCUT2D eigenvalue weighted by Gasteiger charge is -2.21. The van der Waals surface area contributed by atoms with Gasteiger partial charge in [-0.3, -0.25) is 0 Å². The quantitative estimate of drug-likeness (QED) is 0.877. The second kappa shape index (κ2) is 5.07. The first-order chi connectivity index (χ1) is 7.70. The molecule has 1 atom stereocenters. The summed E-state index contributed by atoms with van der Waals surface area (Å²) >= 11 is 5.95. The molecule has 1 aliphatic heterocycles. The number of aliphatic hydroxyl groups excluding tert-OH is 1. The minimum absolute atomic E-state index is 0.304. The molecule has 0 amide bonds. The van der Waals surface area contributed by atoms with Gasteiger partial charge in [-0.05, 0) is 49.4 Å². The molecule has 0 aromatic heterocycles. The number of benzene rings is 1. The zero-order valence-electron chi connectivity index (χ0n) is 9.62. The molecule has 0 radical (unpaired) electrons. The van der Waals surface area contributed by atoms with Crippen LogP contribution in [-0.2, 0) is 0 Å². The van der Waals surface area contributed by atoms with Crippen LogP contribution in [0.2, 0.25) is 5.02 Å². The van der Waals surface area contributed by atoms with E-state index in [1.807, 2.05) is 12.1 Å².